The maximum atomic E-state index is 13.0. The molecule has 142 valence electrons. The zero-order valence-electron chi connectivity index (χ0n) is 15.8. The van der Waals surface area contributed by atoms with Crippen LogP contribution >= 0.6 is 0 Å². The van der Waals surface area contributed by atoms with Crippen LogP contribution in [0.5, 0.6) is 0 Å². The average Bonchev–Trinajstić information content (AvgIpc) is 2.70. The Balaban J connectivity index is 1.57. The highest BCUT2D eigenvalue weighted by molar-refractivity contribution is 5.87. The van der Waals surface area contributed by atoms with E-state index in [1.807, 2.05) is 49.1 Å². The summed E-state index contributed by atoms with van der Waals surface area (Å²) >= 11 is 0. The lowest BCUT2D eigenvalue weighted by Gasteiger charge is -2.39. The van der Waals surface area contributed by atoms with Gasteiger partial charge >= 0.3 is 0 Å². The van der Waals surface area contributed by atoms with Crippen molar-refractivity contribution in [2.45, 2.75) is 25.7 Å². The van der Waals surface area contributed by atoms with Gasteiger partial charge in [0.05, 0.1) is 11.8 Å². The summed E-state index contributed by atoms with van der Waals surface area (Å²) in [6.45, 7) is 6.00. The van der Waals surface area contributed by atoms with Gasteiger partial charge in [-0.15, -0.1) is 0 Å². The van der Waals surface area contributed by atoms with E-state index in [9.17, 15) is 14.0 Å². The fourth-order valence-corrected chi connectivity index (χ4v) is 3.42. The summed E-state index contributed by atoms with van der Waals surface area (Å²) < 4.78 is 13.0. The Morgan fingerprint density at radius 3 is 2.04 bits per heavy atom. The SMILES string of the molecule is CC(C)(C(=O)N1CCN(C(=O)Cc2ccc(F)cc2)CC1)c1ccccc1. The number of nitrogens with zero attached hydrogens (tertiary/aromatic N) is 2. The smallest absolute Gasteiger partial charge is 0.232 e. The summed E-state index contributed by atoms with van der Waals surface area (Å²) in [5, 5.41) is 0. The maximum Gasteiger partial charge on any atom is 0.232 e. The lowest BCUT2D eigenvalue weighted by Crippen LogP contribution is -2.54. The Bertz CT molecular complexity index is 795. The van der Waals surface area contributed by atoms with E-state index in [1.165, 1.54) is 12.1 Å². The van der Waals surface area contributed by atoms with Crippen LogP contribution in [0.1, 0.15) is 25.0 Å². The minimum absolute atomic E-state index is 0.0102. The first-order chi connectivity index (χ1) is 12.9. The van der Waals surface area contributed by atoms with Crippen LogP contribution in [0, 0.1) is 5.82 Å². The van der Waals surface area contributed by atoms with Gasteiger partial charge in [-0.3, -0.25) is 9.59 Å². The number of carbonyl (C=O) groups is 2. The van der Waals surface area contributed by atoms with Crippen LogP contribution in [-0.2, 0) is 21.4 Å². The van der Waals surface area contributed by atoms with Crippen molar-refractivity contribution in [3.63, 3.8) is 0 Å². The Labute approximate surface area is 159 Å². The summed E-state index contributed by atoms with van der Waals surface area (Å²) in [4.78, 5) is 29.1. The Morgan fingerprint density at radius 2 is 1.44 bits per heavy atom. The van der Waals surface area contributed by atoms with Gasteiger partial charge in [-0.25, -0.2) is 4.39 Å². The van der Waals surface area contributed by atoms with Crippen molar-refractivity contribution in [1.82, 2.24) is 9.80 Å². The van der Waals surface area contributed by atoms with Crippen molar-refractivity contribution in [2.75, 3.05) is 26.2 Å². The molecule has 0 bridgehead atoms. The zero-order chi connectivity index (χ0) is 19.4. The molecule has 0 aliphatic carbocycles. The summed E-state index contributed by atoms with van der Waals surface area (Å²) in [5.74, 6) is -0.213. The molecule has 3 rings (SSSR count). The molecule has 2 aromatic rings. The Morgan fingerprint density at radius 1 is 0.889 bits per heavy atom. The zero-order valence-corrected chi connectivity index (χ0v) is 15.8. The van der Waals surface area contributed by atoms with E-state index in [2.05, 4.69) is 0 Å². The van der Waals surface area contributed by atoms with Crippen LogP contribution in [0.15, 0.2) is 54.6 Å². The number of piperazine rings is 1. The van der Waals surface area contributed by atoms with E-state index in [1.54, 1.807) is 17.0 Å². The van der Waals surface area contributed by atoms with E-state index in [-0.39, 0.29) is 24.1 Å². The van der Waals surface area contributed by atoms with Crippen molar-refractivity contribution in [3.8, 4) is 0 Å². The molecule has 2 aromatic carbocycles. The molecule has 0 unspecified atom stereocenters. The molecule has 5 heteroatoms. The van der Waals surface area contributed by atoms with Gasteiger partial charge in [0.1, 0.15) is 5.82 Å². The van der Waals surface area contributed by atoms with Gasteiger partial charge in [0.15, 0.2) is 0 Å². The first kappa shape index (κ1) is 19.1. The highest BCUT2D eigenvalue weighted by atomic mass is 19.1. The summed E-state index contributed by atoms with van der Waals surface area (Å²) in [6, 6.07) is 15.8. The van der Waals surface area contributed by atoms with Gasteiger partial charge in [-0.2, -0.15) is 0 Å². The second-order valence-corrected chi connectivity index (χ2v) is 7.47. The fraction of sp³-hybridized carbons (Fsp3) is 0.364. The molecule has 0 aromatic heterocycles. The largest absolute Gasteiger partial charge is 0.339 e. The predicted octanol–water partition coefficient (Wildman–Crippen LogP) is 3.02. The van der Waals surface area contributed by atoms with E-state index in [4.69, 9.17) is 0 Å². The third-order valence-electron chi connectivity index (χ3n) is 5.22. The molecule has 0 spiro atoms. The predicted molar refractivity (Wildman–Crippen MR) is 103 cm³/mol. The average molecular weight is 368 g/mol. The number of benzene rings is 2. The van der Waals surface area contributed by atoms with Crippen molar-refractivity contribution in [1.29, 1.82) is 0 Å². The molecule has 1 heterocycles. The lowest BCUT2D eigenvalue weighted by atomic mass is 9.83. The fourth-order valence-electron chi connectivity index (χ4n) is 3.42. The van der Waals surface area contributed by atoms with Crippen molar-refractivity contribution >= 4 is 11.8 Å². The molecule has 1 aliphatic heterocycles. The minimum Gasteiger partial charge on any atom is -0.339 e. The van der Waals surface area contributed by atoms with Crippen LogP contribution in [0.2, 0.25) is 0 Å². The quantitative estimate of drug-likeness (QED) is 0.832. The van der Waals surface area contributed by atoms with Gasteiger partial charge < -0.3 is 9.80 Å². The summed E-state index contributed by atoms with van der Waals surface area (Å²) in [7, 11) is 0. The first-order valence-corrected chi connectivity index (χ1v) is 9.25. The standard InChI is InChI=1S/C22H25FN2O2/c1-22(2,18-6-4-3-5-7-18)21(27)25-14-12-24(13-15-25)20(26)16-17-8-10-19(23)11-9-17/h3-11H,12-16H2,1-2H3. The second kappa shape index (κ2) is 7.91. The minimum atomic E-state index is -0.596. The molecule has 0 N–H and O–H groups in total. The number of halogens is 1. The molecule has 0 saturated carbocycles. The molecule has 4 nitrogen and oxygen atoms in total. The second-order valence-electron chi connectivity index (χ2n) is 7.47. The van der Waals surface area contributed by atoms with E-state index >= 15 is 0 Å². The van der Waals surface area contributed by atoms with Gasteiger partial charge in [0.2, 0.25) is 11.8 Å². The van der Waals surface area contributed by atoms with Gasteiger partial charge in [-0.1, -0.05) is 42.5 Å². The number of rotatable bonds is 4. The van der Waals surface area contributed by atoms with Gasteiger partial charge in [0, 0.05) is 26.2 Å². The van der Waals surface area contributed by atoms with Gasteiger partial charge in [0.25, 0.3) is 0 Å². The number of hydrogen-bond acceptors (Lipinski definition) is 2. The molecule has 0 radical (unpaired) electrons. The van der Waals surface area contributed by atoms with E-state index < -0.39 is 5.41 Å². The van der Waals surface area contributed by atoms with Crippen LogP contribution < -0.4 is 0 Å². The Hall–Kier alpha value is -2.69. The molecule has 1 aliphatic rings. The number of amides is 2. The third-order valence-corrected chi connectivity index (χ3v) is 5.22. The Kier molecular flexibility index (Phi) is 5.59. The maximum absolute atomic E-state index is 13.0. The molecule has 1 fully saturated rings. The van der Waals surface area contributed by atoms with Crippen LogP contribution in [0.3, 0.4) is 0 Å². The van der Waals surface area contributed by atoms with Crippen molar-refractivity contribution < 1.29 is 14.0 Å². The van der Waals surface area contributed by atoms with E-state index in [0.29, 0.717) is 26.2 Å². The van der Waals surface area contributed by atoms with Crippen LogP contribution in [0.25, 0.3) is 0 Å². The number of hydrogen-bond donors (Lipinski definition) is 0. The molecule has 27 heavy (non-hydrogen) atoms. The van der Waals surface area contributed by atoms with Crippen molar-refractivity contribution in [3.05, 3.63) is 71.5 Å². The molecule has 1 saturated heterocycles. The molecular formula is C22H25FN2O2. The normalized spacial score (nSPS) is 14.9. The molecule has 2 amide bonds. The first-order valence-electron chi connectivity index (χ1n) is 9.25. The topological polar surface area (TPSA) is 40.6 Å². The summed E-state index contributed by atoms with van der Waals surface area (Å²) in [5.41, 5.74) is 1.19. The van der Waals surface area contributed by atoms with Crippen molar-refractivity contribution in [2.24, 2.45) is 0 Å². The summed E-state index contributed by atoms with van der Waals surface area (Å²) in [6.07, 6.45) is 0.254. The highest BCUT2D eigenvalue weighted by Crippen LogP contribution is 2.26. The lowest BCUT2D eigenvalue weighted by molar-refractivity contribution is -0.142. The monoisotopic (exact) mass is 368 g/mol. The van der Waals surface area contributed by atoms with Crippen LogP contribution in [0.4, 0.5) is 4.39 Å². The molecule has 0 atom stereocenters. The van der Waals surface area contributed by atoms with Gasteiger partial charge in [-0.05, 0) is 37.1 Å². The number of carbonyl (C=O) groups excluding carboxylic acids is 2. The highest BCUT2D eigenvalue weighted by Gasteiger charge is 2.35. The van der Waals surface area contributed by atoms with Crippen LogP contribution in [-0.4, -0.2) is 47.8 Å². The van der Waals surface area contributed by atoms with E-state index in [0.717, 1.165) is 11.1 Å². The molecular weight excluding hydrogens is 343 g/mol. The third kappa shape index (κ3) is 4.35.